The van der Waals surface area contributed by atoms with E-state index in [1.54, 1.807) is 32.9 Å². The molecule has 8 heteroatoms. The van der Waals surface area contributed by atoms with Gasteiger partial charge in [0.1, 0.15) is 11.4 Å². The highest BCUT2D eigenvalue weighted by Crippen LogP contribution is 2.18. The van der Waals surface area contributed by atoms with Crippen molar-refractivity contribution >= 4 is 29.3 Å². The van der Waals surface area contributed by atoms with Crippen LogP contribution in [0, 0.1) is 5.82 Å². The summed E-state index contributed by atoms with van der Waals surface area (Å²) in [6, 6.07) is 11.3. The van der Waals surface area contributed by atoms with Crippen molar-refractivity contribution in [1.29, 1.82) is 0 Å². The molecule has 0 radical (unpaired) electrons. The van der Waals surface area contributed by atoms with Crippen LogP contribution >= 0.6 is 0 Å². The molecule has 0 aromatic heterocycles. The van der Waals surface area contributed by atoms with Crippen molar-refractivity contribution in [3.63, 3.8) is 0 Å². The molecule has 2 rings (SSSR count). The molecule has 7 nitrogen and oxygen atoms in total. The normalized spacial score (nSPS) is 10.8. The zero-order valence-corrected chi connectivity index (χ0v) is 16.1. The Kier molecular flexibility index (Phi) is 6.35. The van der Waals surface area contributed by atoms with E-state index in [1.807, 2.05) is 0 Å². The molecule has 0 atom stereocenters. The number of ether oxygens (including phenoxy) is 1. The van der Waals surface area contributed by atoms with E-state index in [4.69, 9.17) is 4.74 Å². The summed E-state index contributed by atoms with van der Waals surface area (Å²) < 4.78 is 18.9. The molecule has 148 valence electrons. The predicted molar refractivity (Wildman–Crippen MR) is 103 cm³/mol. The second-order valence-corrected chi connectivity index (χ2v) is 7.00. The molecule has 2 aromatic carbocycles. The van der Waals surface area contributed by atoms with Crippen molar-refractivity contribution in [2.24, 2.45) is 0 Å². The molecule has 0 aliphatic heterocycles. The molecule has 28 heavy (non-hydrogen) atoms. The quantitative estimate of drug-likeness (QED) is 0.783. The first-order valence-corrected chi connectivity index (χ1v) is 8.52. The zero-order valence-electron chi connectivity index (χ0n) is 16.1. The van der Waals surface area contributed by atoms with Gasteiger partial charge >= 0.3 is 6.09 Å². The van der Waals surface area contributed by atoms with Crippen LogP contribution in [0.2, 0.25) is 0 Å². The summed E-state index contributed by atoms with van der Waals surface area (Å²) in [5, 5.41) is 3.44. The first-order chi connectivity index (χ1) is 13.0. The van der Waals surface area contributed by atoms with E-state index in [0.717, 1.165) is 11.1 Å². The molecule has 0 spiro atoms. The third-order valence-corrected chi connectivity index (χ3v) is 3.32. The number of nitrogens with one attached hydrogen (secondary N) is 2. The van der Waals surface area contributed by atoms with Gasteiger partial charge in [0.2, 0.25) is 5.91 Å². The number of carbonyl (C=O) groups is 3. The summed E-state index contributed by atoms with van der Waals surface area (Å²) >= 11 is 0. The van der Waals surface area contributed by atoms with Crippen LogP contribution in [0.25, 0.3) is 0 Å². The van der Waals surface area contributed by atoms with Crippen LogP contribution in [0.15, 0.2) is 48.5 Å². The standard InChI is InChI=1S/C20H22FN3O4/c1-13(25)22-16-10-8-14(9-11-16)18(26)23-24(19(27)28-20(2,3)4)17-7-5-6-15(21)12-17/h5-12H,1-4H3,(H,22,25)(H,23,26). The molecule has 3 amide bonds. The molecule has 2 N–H and O–H groups in total. The predicted octanol–water partition coefficient (Wildman–Crippen LogP) is 3.87. The summed E-state index contributed by atoms with van der Waals surface area (Å²) in [5.74, 6) is -1.41. The lowest BCUT2D eigenvalue weighted by Crippen LogP contribution is -2.48. The van der Waals surface area contributed by atoms with Gasteiger partial charge in [0.05, 0.1) is 5.69 Å². The molecule has 0 bridgehead atoms. The molecule has 0 saturated heterocycles. The van der Waals surface area contributed by atoms with Crippen LogP contribution in [0.1, 0.15) is 38.1 Å². The minimum atomic E-state index is -0.860. The van der Waals surface area contributed by atoms with E-state index < -0.39 is 23.4 Å². The van der Waals surface area contributed by atoms with E-state index in [9.17, 15) is 18.8 Å². The SMILES string of the molecule is CC(=O)Nc1ccc(C(=O)NN(C(=O)OC(C)(C)C)c2cccc(F)c2)cc1. The fraction of sp³-hybridized carbons (Fsp3) is 0.250. The minimum Gasteiger partial charge on any atom is -0.442 e. The van der Waals surface area contributed by atoms with E-state index in [0.29, 0.717) is 5.69 Å². The van der Waals surface area contributed by atoms with Gasteiger partial charge in [-0.25, -0.2) is 9.18 Å². The number of carbonyl (C=O) groups excluding carboxylic acids is 3. The average Bonchev–Trinajstić information content (AvgIpc) is 2.58. The first-order valence-electron chi connectivity index (χ1n) is 8.52. The lowest BCUT2D eigenvalue weighted by molar-refractivity contribution is -0.114. The van der Waals surface area contributed by atoms with Gasteiger partial charge in [0, 0.05) is 18.2 Å². The van der Waals surface area contributed by atoms with Gasteiger partial charge in [-0.3, -0.25) is 15.0 Å². The number of nitrogens with zero attached hydrogens (tertiary/aromatic N) is 1. The van der Waals surface area contributed by atoms with Crippen molar-refractivity contribution < 1.29 is 23.5 Å². The van der Waals surface area contributed by atoms with E-state index in [-0.39, 0.29) is 17.2 Å². The highest BCUT2D eigenvalue weighted by molar-refractivity contribution is 6.00. The smallest absolute Gasteiger partial charge is 0.434 e. The zero-order chi connectivity index (χ0) is 20.9. The number of benzene rings is 2. The molecule has 0 unspecified atom stereocenters. The Balaban J connectivity index is 2.25. The topological polar surface area (TPSA) is 87.7 Å². The van der Waals surface area contributed by atoms with Crippen LogP contribution in [0.3, 0.4) is 0 Å². The number of hydrazine groups is 1. The highest BCUT2D eigenvalue weighted by atomic mass is 19.1. The van der Waals surface area contributed by atoms with Gasteiger partial charge in [-0.05, 0) is 63.2 Å². The Morgan fingerprint density at radius 2 is 1.68 bits per heavy atom. The van der Waals surface area contributed by atoms with Crippen LogP contribution in [0.5, 0.6) is 0 Å². The van der Waals surface area contributed by atoms with Gasteiger partial charge in [-0.1, -0.05) is 6.07 Å². The molecule has 0 saturated carbocycles. The van der Waals surface area contributed by atoms with Crippen molar-refractivity contribution in [3.05, 3.63) is 59.9 Å². The van der Waals surface area contributed by atoms with E-state index in [2.05, 4.69) is 10.7 Å². The summed E-state index contributed by atoms with van der Waals surface area (Å²) in [6.45, 7) is 6.41. The van der Waals surface area contributed by atoms with Gasteiger partial charge in [-0.2, -0.15) is 5.01 Å². The fourth-order valence-corrected chi connectivity index (χ4v) is 2.21. The Labute approximate surface area is 162 Å². The monoisotopic (exact) mass is 387 g/mol. The minimum absolute atomic E-state index is 0.109. The summed E-state index contributed by atoms with van der Waals surface area (Å²) in [7, 11) is 0. The summed E-state index contributed by atoms with van der Waals surface area (Å²) in [5.41, 5.74) is 2.48. The summed E-state index contributed by atoms with van der Waals surface area (Å²) in [4.78, 5) is 36.2. The Hall–Kier alpha value is -3.42. The second kappa shape index (κ2) is 8.51. The van der Waals surface area contributed by atoms with Crippen molar-refractivity contribution in [3.8, 4) is 0 Å². The number of rotatable bonds is 3. The molecular formula is C20H22FN3O4. The number of halogens is 1. The molecule has 0 fully saturated rings. The summed E-state index contributed by atoms with van der Waals surface area (Å²) in [6.07, 6.45) is -0.860. The van der Waals surface area contributed by atoms with Gasteiger partial charge in [0.15, 0.2) is 0 Å². The molecular weight excluding hydrogens is 365 g/mol. The maximum atomic E-state index is 13.6. The largest absolute Gasteiger partial charge is 0.442 e. The van der Waals surface area contributed by atoms with Gasteiger partial charge in [-0.15, -0.1) is 0 Å². The van der Waals surface area contributed by atoms with Gasteiger partial charge in [0.25, 0.3) is 5.91 Å². The molecule has 2 aromatic rings. The first kappa shape index (κ1) is 20.9. The van der Waals surface area contributed by atoms with Gasteiger partial charge < -0.3 is 10.1 Å². The van der Waals surface area contributed by atoms with Crippen LogP contribution in [-0.2, 0) is 9.53 Å². The van der Waals surface area contributed by atoms with E-state index >= 15 is 0 Å². The number of hydrogen-bond acceptors (Lipinski definition) is 4. The second-order valence-electron chi connectivity index (χ2n) is 7.00. The van der Waals surface area contributed by atoms with Crippen LogP contribution < -0.4 is 15.8 Å². The lowest BCUT2D eigenvalue weighted by Gasteiger charge is -2.27. The van der Waals surface area contributed by atoms with Crippen LogP contribution in [-0.4, -0.2) is 23.5 Å². The maximum absolute atomic E-state index is 13.6. The molecule has 0 heterocycles. The Bertz CT molecular complexity index is 876. The third kappa shape index (κ3) is 6.08. The number of amides is 3. The van der Waals surface area contributed by atoms with Crippen molar-refractivity contribution in [2.75, 3.05) is 10.3 Å². The number of hydrogen-bond donors (Lipinski definition) is 2. The van der Waals surface area contributed by atoms with Crippen molar-refractivity contribution in [2.45, 2.75) is 33.3 Å². The third-order valence-electron chi connectivity index (χ3n) is 3.32. The highest BCUT2D eigenvalue weighted by Gasteiger charge is 2.26. The molecule has 0 aliphatic carbocycles. The van der Waals surface area contributed by atoms with Crippen LogP contribution in [0.4, 0.5) is 20.6 Å². The average molecular weight is 387 g/mol. The number of anilines is 2. The van der Waals surface area contributed by atoms with E-state index in [1.165, 1.54) is 37.3 Å². The fourth-order valence-electron chi connectivity index (χ4n) is 2.21. The maximum Gasteiger partial charge on any atom is 0.434 e. The van der Waals surface area contributed by atoms with Crippen molar-refractivity contribution in [1.82, 2.24) is 5.43 Å². The Morgan fingerprint density at radius 3 is 2.21 bits per heavy atom. The molecule has 0 aliphatic rings. The Morgan fingerprint density at radius 1 is 1.04 bits per heavy atom. The lowest BCUT2D eigenvalue weighted by atomic mass is 10.2.